The Morgan fingerprint density at radius 3 is 1.30 bits per heavy atom. The van der Waals surface area contributed by atoms with Gasteiger partial charge in [-0.05, 0) is 148 Å². The van der Waals surface area contributed by atoms with Gasteiger partial charge >= 0.3 is 0 Å². The Kier molecular flexibility index (Phi) is 9.35. The molecule has 0 fully saturated rings. The van der Waals surface area contributed by atoms with Crippen LogP contribution in [0.25, 0.3) is 22.5 Å². The molecule has 1 aromatic heterocycles. The van der Waals surface area contributed by atoms with Crippen molar-refractivity contribution in [3.05, 3.63) is 64.7 Å². The molecule has 1 heterocycles. The molecule has 0 saturated heterocycles. The molecule has 246 valence electrons. The fraction of sp³-hybridized carbons (Fsp3) is 0.513. The average Bonchev–Trinajstić information content (AvgIpc) is 2.88. The zero-order valence-corrected chi connectivity index (χ0v) is 31.2. The number of aromatic nitrogens is 1. The molecular formula is C39H53N5S2. The van der Waals surface area contributed by atoms with E-state index in [-0.39, 0.29) is 21.9 Å². The first kappa shape index (κ1) is 34.3. The zero-order valence-electron chi connectivity index (χ0n) is 29.5. The van der Waals surface area contributed by atoms with Gasteiger partial charge in [0, 0.05) is 33.6 Å². The highest BCUT2D eigenvalue weighted by Crippen LogP contribution is 2.41. The minimum absolute atomic E-state index is 0.118. The van der Waals surface area contributed by atoms with Crippen molar-refractivity contribution in [1.29, 1.82) is 0 Å². The normalized spacial score (nSPS) is 14.3. The monoisotopic (exact) mass is 655 g/mol. The van der Waals surface area contributed by atoms with Gasteiger partial charge in [0.25, 0.3) is 0 Å². The van der Waals surface area contributed by atoms with Crippen molar-refractivity contribution in [3.8, 4) is 22.5 Å². The van der Waals surface area contributed by atoms with Gasteiger partial charge in [-0.25, -0.2) is 4.98 Å². The Morgan fingerprint density at radius 1 is 0.565 bits per heavy atom. The van der Waals surface area contributed by atoms with E-state index in [9.17, 15) is 0 Å². The van der Waals surface area contributed by atoms with Gasteiger partial charge in [0.1, 0.15) is 0 Å². The van der Waals surface area contributed by atoms with Crippen LogP contribution in [-0.4, -0.2) is 26.3 Å². The molecule has 0 radical (unpaired) electrons. The van der Waals surface area contributed by atoms with Crippen LogP contribution >= 0.6 is 24.4 Å². The van der Waals surface area contributed by atoms with Crippen molar-refractivity contribution in [2.24, 2.45) is 10.8 Å². The fourth-order valence-corrected chi connectivity index (χ4v) is 8.64. The van der Waals surface area contributed by atoms with Crippen LogP contribution in [0.15, 0.2) is 42.5 Å². The number of aryl methyl sites for hydroxylation is 4. The number of rotatable bonds is 6. The highest BCUT2D eigenvalue weighted by Gasteiger charge is 2.28. The Hall–Kier alpha value is -3.03. The molecule has 2 aliphatic carbocycles. The van der Waals surface area contributed by atoms with Crippen LogP contribution in [0.1, 0.15) is 104 Å². The van der Waals surface area contributed by atoms with Gasteiger partial charge in [0.15, 0.2) is 10.2 Å². The topological polar surface area (TPSA) is 61.0 Å². The molecule has 0 saturated carbocycles. The van der Waals surface area contributed by atoms with Crippen molar-refractivity contribution in [2.75, 3.05) is 10.6 Å². The van der Waals surface area contributed by atoms with Gasteiger partial charge in [-0.3, -0.25) is 0 Å². The fourth-order valence-electron chi connectivity index (χ4n) is 7.85. The second-order valence-electron chi connectivity index (χ2n) is 17.1. The van der Waals surface area contributed by atoms with Crippen LogP contribution in [0, 0.1) is 10.8 Å². The molecule has 5 nitrogen and oxygen atoms in total. The lowest BCUT2D eigenvalue weighted by Gasteiger charge is -2.34. The van der Waals surface area contributed by atoms with Crippen LogP contribution in [0.5, 0.6) is 0 Å². The van der Waals surface area contributed by atoms with Gasteiger partial charge in [-0.1, -0.05) is 59.7 Å². The minimum Gasteiger partial charge on any atom is -0.358 e. The molecule has 0 unspecified atom stereocenters. The second-order valence-corrected chi connectivity index (χ2v) is 18.0. The number of nitrogens with one attached hydrogen (secondary N) is 4. The molecule has 0 atom stereocenters. The molecule has 2 aromatic carbocycles. The summed E-state index contributed by atoms with van der Waals surface area (Å²) in [5.74, 6) is 0. The number of pyridine rings is 1. The standard InChI is InChI=1S/C39H53N5S2/c1-36(2,3)22-38(7,8)43-34(45)40-28-17-15-24-11-13-26-19-27-14-12-25-16-18-29(21-31(25)33(27)42-32(26)30(24)20-28)41-35(46)44-39(9,10)23-37(4,5)6/h15-21H,11-14,22-23H2,1-10H3,(H2,40,43,45)(H2,41,44,46). The third kappa shape index (κ3) is 8.65. The van der Waals surface area contributed by atoms with Gasteiger partial charge in [-0.2, -0.15) is 0 Å². The maximum atomic E-state index is 5.77. The third-order valence-corrected chi connectivity index (χ3v) is 9.01. The predicted molar refractivity (Wildman–Crippen MR) is 205 cm³/mol. The first-order valence-electron chi connectivity index (χ1n) is 16.7. The van der Waals surface area contributed by atoms with Gasteiger partial charge in [0.2, 0.25) is 0 Å². The minimum atomic E-state index is -0.118. The molecule has 7 heteroatoms. The number of hydrogen-bond donors (Lipinski definition) is 4. The summed E-state index contributed by atoms with van der Waals surface area (Å²) >= 11 is 11.5. The molecule has 2 aliphatic rings. The highest BCUT2D eigenvalue weighted by molar-refractivity contribution is 7.80. The van der Waals surface area contributed by atoms with Crippen molar-refractivity contribution in [1.82, 2.24) is 15.6 Å². The molecular weight excluding hydrogens is 603 g/mol. The average molecular weight is 656 g/mol. The summed E-state index contributed by atoms with van der Waals surface area (Å²) in [5, 5.41) is 15.3. The highest BCUT2D eigenvalue weighted by atomic mass is 32.1. The first-order chi connectivity index (χ1) is 21.3. The molecule has 0 aliphatic heterocycles. The lowest BCUT2D eigenvalue weighted by Crippen LogP contribution is -2.47. The van der Waals surface area contributed by atoms with E-state index in [1.165, 1.54) is 33.4 Å². The maximum absolute atomic E-state index is 5.77. The summed E-state index contributed by atoms with van der Waals surface area (Å²) in [6, 6.07) is 15.6. The number of anilines is 2. The smallest absolute Gasteiger partial charge is 0.171 e. The summed E-state index contributed by atoms with van der Waals surface area (Å²) in [6.45, 7) is 22.4. The Morgan fingerprint density at radius 2 is 0.935 bits per heavy atom. The molecule has 46 heavy (non-hydrogen) atoms. The van der Waals surface area contributed by atoms with Crippen LogP contribution in [0.3, 0.4) is 0 Å². The van der Waals surface area contributed by atoms with Crippen molar-refractivity contribution < 1.29 is 0 Å². The largest absolute Gasteiger partial charge is 0.358 e. The molecule has 0 amide bonds. The van der Waals surface area contributed by atoms with E-state index in [2.05, 4.69) is 133 Å². The lowest BCUT2D eigenvalue weighted by molar-refractivity contribution is 0.267. The van der Waals surface area contributed by atoms with E-state index >= 15 is 0 Å². The number of benzene rings is 2. The quantitative estimate of drug-likeness (QED) is 0.197. The van der Waals surface area contributed by atoms with Gasteiger partial charge < -0.3 is 21.3 Å². The Balaban J connectivity index is 1.39. The number of fused-ring (bicyclic) bond motifs is 6. The van der Waals surface area contributed by atoms with Crippen molar-refractivity contribution in [2.45, 2.75) is 119 Å². The summed E-state index contributed by atoms with van der Waals surface area (Å²) in [4.78, 5) is 5.42. The van der Waals surface area contributed by atoms with Crippen molar-refractivity contribution >= 4 is 46.0 Å². The van der Waals surface area contributed by atoms with Crippen LogP contribution in [0.4, 0.5) is 11.4 Å². The first-order valence-corrected chi connectivity index (χ1v) is 17.6. The zero-order chi connectivity index (χ0) is 33.7. The number of hydrogen-bond acceptors (Lipinski definition) is 3. The molecule has 0 bridgehead atoms. The van der Waals surface area contributed by atoms with E-state index in [1.807, 2.05) is 0 Å². The lowest BCUT2D eigenvalue weighted by atomic mass is 9.82. The summed E-state index contributed by atoms with van der Waals surface area (Å²) in [5.41, 5.74) is 12.0. The van der Waals surface area contributed by atoms with Crippen LogP contribution in [0.2, 0.25) is 0 Å². The van der Waals surface area contributed by atoms with E-state index in [4.69, 9.17) is 29.4 Å². The van der Waals surface area contributed by atoms with E-state index < -0.39 is 0 Å². The summed E-state index contributed by atoms with van der Waals surface area (Å²) in [6.07, 6.45) is 6.06. The van der Waals surface area contributed by atoms with Gasteiger partial charge in [-0.15, -0.1) is 0 Å². The molecule has 5 rings (SSSR count). The van der Waals surface area contributed by atoms with Crippen LogP contribution < -0.4 is 21.3 Å². The molecule has 3 aromatic rings. The summed E-state index contributed by atoms with van der Waals surface area (Å²) < 4.78 is 0. The SMILES string of the molecule is CC(C)(C)CC(C)(C)NC(=S)Nc1ccc2c(c1)-c1nc3c(cc1CC2)CCc1ccc(NC(=S)NC(C)(C)CC(C)(C)C)cc1-3. The second kappa shape index (κ2) is 12.5. The molecule has 0 spiro atoms. The van der Waals surface area contributed by atoms with Crippen molar-refractivity contribution in [3.63, 3.8) is 0 Å². The predicted octanol–water partition coefficient (Wildman–Crippen LogP) is 9.62. The molecule has 4 N–H and O–H groups in total. The third-order valence-electron chi connectivity index (χ3n) is 8.60. The van der Waals surface area contributed by atoms with E-state index in [0.717, 1.165) is 61.3 Å². The van der Waals surface area contributed by atoms with Crippen LogP contribution in [-0.2, 0) is 25.7 Å². The maximum Gasteiger partial charge on any atom is 0.171 e. The number of thiocarbonyl (C=S) groups is 2. The van der Waals surface area contributed by atoms with E-state index in [1.54, 1.807) is 0 Å². The Labute approximate surface area is 288 Å². The Bertz CT molecular complexity index is 1540. The number of nitrogens with zero attached hydrogens (tertiary/aromatic N) is 1. The summed E-state index contributed by atoms with van der Waals surface area (Å²) in [7, 11) is 0. The van der Waals surface area contributed by atoms with Gasteiger partial charge in [0.05, 0.1) is 11.4 Å². The van der Waals surface area contributed by atoms with E-state index in [0.29, 0.717) is 10.2 Å².